The first kappa shape index (κ1) is 18.4. The molecule has 0 unspecified atom stereocenters. The van der Waals surface area contributed by atoms with Crippen LogP contribution in [0.2, 0.25) is 0 Å². The molecule has 0 saturated carbocycles. The van der Waals surface area contributed by atoms with Crippen LogP contribution in [0.5, 0.6) is 5.75 Å². The van der Waals surface area contributed by atoms with Crippen molar-refractivity contribution in [1.82, 2.24) is 9.88 Å². The van der Waals surface area contributed by atoms with E-state index in [2.05, 4.69) is 23.2 Å². The molecule has 5 heteroatoms. The van der Waals surface area contributed by atoms with Crippen molar-refractivity contribution < 1.29 is 14.3 Å². The van der Waals surface area contributed by atoms with Crippen LogP contribution >= 0.6 is 0 Å². The van der Waals surface area contributed by atoms with Crippen molar-refractivity contribution in [2.75, 3.05) is 33.4 Å². The molecular formula is C23H24N2O3. The van der Waals surface area contributed by atoms with Crippen molar-refractivity contribution in [3.63, 3.8) is 0 Å². The summed E-state index contributed by atoms with van der Waals surface area (Å²) in [5, 5.41) is 2.34. The molecule has 28 heavy (non-hydrogen) atoms. The Hall–Kier alpha value is -2.92. The van der Waals surface area contributed by atoms with Crippen LogP contribution in [0.15, 0.2) is 60.8 Å². The Morgan fingerprint density at radius 2 is 1.89 bits per heavy atom. The average molecular weight is 376 g/mol. The van der Waals surface area contributed by atoms with Crippen molar-refractivity contribution in [3.05, 3.63) is 72.1 Å². The quantitative estimate of drug-likeness (QED) is 0.613. The lowest BCUT2D eigenvalue weighted by Gasteiger charge is -2.17. The highest BCUT2D eigenvalue weighted by Crippen LogP contribution is 2.29. The lowest BCUT2D eigenvalue weighted by atomic mass is 10.0. The third kappa shape index (κ3) is 3.99. The Kier molecular flexibility index (Phi) is 5.53. The molecular weight excluding hydrogens is 352 g/mol. The van der Waals surface area contributed by atoms with Gasteiger partial charge in [0, 0.05) is 49.0 Å². The van der Waals surface area contributed by atoms with E-state index in [9.17, 15) is 4.79 Å². The Morgan fingerprint density at radius 1 is 1.11 bits per heavy atom. The molecule has 4 rings (SSSR count). The maximum absolute atomic E-state index is 12.9. The number of methoxy groups -OCH3 is 1. The molecule has 0 spiro atoms. The lowest BCUT2D eigenvalue weighted by molar-refractivity contribution is 0.0790. The van der Waals surface area contributed by atoms with E-state index >= 15 is 0 Å². The molecule has 3 aromatic rings. The van der Waals surface area contributed by atoms with Gasteiger partial charge in [-0.1, -0.05) is 24.3 Å². The van der Waals surface area contributed by atoms with Gasteiger partial charge in [-0.2, -0.15) is 0 Å². The zero-order valence-corrected chi connectivity index (χ0v) is 16.0. The third-order valence-electron chi connectivity index (χ3n) is 5.20. The maximum atomic E-state index is 12.9. The van der Waals surface area contributed by atoms with Gasteiger partial charge in [-0.15, -0.1) is 0 Å². The Morgan fingerprint density at radius 3 is 2.68 bits per heavy atom. The molecule has 1 aliphatic heterocycles. The number of fused-ring (bicyclic) bond motifs is 1. The van der Waals surface area contributed by atoms with Gasteiger partial charge in [0.15, 0.2) is 0 Å². The minimum atomic E-state index is 0.0618. The smallest absolute Gasteiger partial charge is 0.253 e. The van der Waals surface area contributed by atoms with Gasteiger partial charge in [-0.05, 0) is 42.1 Å². The summed E-state index contributed by atoms with van der Waals surface area (Å²) in [6.07, 6.45) is 2.87. The lowest BCUT2D eigenvalue weighted by Crippen LogP contribution is -2.28. The van der Waals surface area contributed by atoms with Crippen LogP contribution in [-0.2, 0) is 4.74 Å². The van der Waals surface area contributed by atoms with Gasteiger partial charge in [0.1, 0.15) is 12.4 Å². The van der Waals surface area contributed by atoms with Gasteiger partial charge >= 0.3 is 0 Å². The molecule has 1 aliphatic rings. The number of benzene rings is 2. The number of amides is 1. The summed E-state index contributed by atoms with van der Waals surface area (Å²) in [7, 11) is 1.64. The van der Waals surface area contributed by atoms with Crippen LogP contribution in [-0.4, -0.2) is 49.2 Å². The molecule has 1 amide bonds. The fourth-order valence-corrected chi connectivity index (χ4v) is 3.63. The number of likely N-dealkylation sites (tertiary alicyclic amines) is 1. The van der Waals surface area contributed by atoms with Gasteiger partial charge in [0.05, 0.1) is 6.61 Å². The molecule has 144 valence electrons. The summed E-state index contributed by atoms with van der Waals surface area (Å²) in [6, 6.07) is 17.7. The van der Waals surface area contributed by atoms with Crippen LogP contribution in [0.4, 0.5) is 0 Å². The van der Waals surface area contributed by atoms with Crippen LogP contribution in [0, 0.1) is 0 Å². The number of carbonyl (C=O) groups excluding carboxylic acids is 1. The van der Waals surface area contributed by atoms with E-state index in [4.69, 9.17) is 9.47 Å². The summed E-state index contributed by atoms with van der Waals surface area (Å²) < 4.78 is 10.5. The first-order valence-corrected chi connectivity index (χ1v) is 9.60. The van der Waals surface area contributed by atoms with Crippen LogP contribution in [0.3, 0.4) is 0 Å². The molecule has 2 heterocycles. The third-order valence-corrected chi connectivity index (χ3v) is 5.20. The van der Waals surface area contributed by atoms with Gasteiger partial charge in [-0.25, -0.2) is 0 Å². The summed E-state index contributed by atoms with van der Waals surface area (Å²) in [4.78, 5) is 19.4. The van der Waals surface area contributed by atoms with Crippen molar-refractivity contribution in [1.29, 1.82) is 0 Å². The molecule has 1 atom stereocenters. The summed E-state index contributed by atoms with van der Waals surface area (Å²) in [5.41, 5.74) is 1.75. The van der Waals surface area contributed by atoms with Crippen molar-refractivity contribution in [2.24, 2.45) is 0 Å². The zero-order valence-electron chi connectivity index (χ0n) is 16.0. The average Bonchev–Trinajstić information content (AvgIpc) is 3.24. The number of hydrogen-bond donors (Lipinski definition) is 0. The molecule has 5 nitrogen and oxygen atoms in total. The number of aromatic nitrogens is 1. The van der Waals surface area contributed by atoms with Gasteiger partial charge in [-0.3, -0.25) is 9.78 Å². The first-order chi connectivity index (χ1) is 13.7. The number of rotatable bonds is 6. The maximum Gasteiger partial charge on any atom is 0.253 e. The second kappa shape index (κ2) is 8.40. The zero-order chi connectivity index (χ0) is 19.3. The van der Waals surface area contributed by atoms with Gasteiger partial charge in [0.25, 0.3) is 5.91 Å². The molecule has 1 saturated heterocycles. The Labute approximate surface area is 164 Å². The Bertz CT molecular complexity index is 955. The molecule has 1 fully saturated rings. The van der Waals surface area contributed by atoms with Crippen molar-refractivity contribution in [3.8, 4) is 5.75 Å². The largest absolute Gasteiger partial charge is 0.491 e. The van der Waals surface area contributed by atoms with E-state index in [1.165, 1.54) is 5.39 Å². The fourth-order valence-electron chi connectivity index (χ4n) is 3.63. The number of nitrogens with zero attached hydrogens (tertiary/aromatic N) is 2. The minimum Gasteiger partial charge on any atom is -0.491 e. The van der Waals surface area contributed by atoms with E-state index in [1.54, 1.807) is 7.11 Å². The summed E-state index contributed by atoms with van der Waals surface area (Å²) >= 11 is 0. The second-order valence-electron chi connectivity index (χ2n) is 7.06. The van der Waals surface area contributed by atoms with E-state index in [0.717, 1.165) is 29.8 Å². The van der Waals surface area contributed by atoms with E-state index in [-0.39, 0.29) is 11.8 Å². The number of pyridine rings is 1. The second-order valence-corrected chi connectivity index (χ2v) is 7.06. The molecule has 1 aromatic heterocycles. The minimum absolute atomic E-state index is 0.0618. The normalized spacial score (nSPS) is 16.5. The molecule has 0 radical (unpaired) electrons. The van der Waals surface area contributed by atoms with Crippen LogP contribution < -0.4 is 4.74 Å². The molecule has 0 aliphatic carbocycles. The topological polar surface area (TPSA) is 51.7 Å². The number of carbonyl (C=O) groups is 1. The van der Waals surface area contributed by atoms with E-state index in [0.29, 0.717) is 25.3 Å². The fraction of sp³-hybridized carbons (Fsp3) is 0.304. The van der Waals surface area contributed by atoms with Gasteiger partial charge < -0.3 is 14.4 Å². The Balaban J connectivity index is 1.40. The number of hydrogen-bond acceptors (Lipinski definition) is 4. The first-order valence-electron chi connectivity index (χ1n) is 9.60. The predicted molar refractivity (Wildman–Crippen MR) is 109 cm³/mol. The molecule has 0 N–H and O–H groups in total. The monoisotopic (exact) mass is 376 g/mol. The standard InChI is InChI=1S/C23H24N2O3/c1-27-12-13-28-21-8-6-17(7-9-21)23(26)25-11-10-20(16-25)22-14-18-4-2-3-5-19(18)15-24-22/h2-9,14-15,20H,10-13,16H2,1H3/t20-/m0/s1. The molecule has 2 aromatic carbocycles. The highest BCUT2D eigenvalue weighted by Gasteiger charge is 2.28. The highest BCUT2D eigenvalue weighted by atomic mass is 16.5. The van der Waals surface area contributed by atoms with E-state index in [1.807, 2.05) is 47.5 Å². The summed E-state index contributed by atoms with van der Waals surface area (Å²) in [6.45, 7) is 2.50. The van der Waals surface area contributed by atoms with Crippen molar-refractivity contribution >= 4 is 16.7 Å². The van der Waals surface area contributed by atoms with Crippen LogP contribution in [0.25, 0.3) is 10.8 Å². The van der Waals surface area contributed by atoms with Gasteiger partial charge in [0.2, 0.25) is 0 Å². The van der Waals surface area contributed by atoms with Crippen LogP contribution in [0.1, 0.15) is 28.4 Å². The summed E-state index contributed by atoms with van der Waals surface area (Å²) in [5.74, 6) is 1.09. The highest BCUT2D eigenvalue weighted by molar-refractivity contribution is 5.94. The van der Waals surface area contributed by atoms with E-state index < -0.39 is 0 Å². The number of ether oxygens (including phenoxy) is 2. The van der Waals surface area contributed by atoms with Crippen molar-refractivity contribution in [2.45, 2.75) is 12.3 Å². The molecule has 0 bridgehead atoms. The predicted octanol–water partition coefficient (Wildman–Crippen LogP) is 3.89. The SMILES string of the molecule is COCCOc1ccc(C(=O)N2CC[C@H](c3cc4ccccc4cn3)C2)cc1.